The number of nitrogens with zero attached hydrogens (tertiary/aromatic N) is 1. The first-order valence-electron chi connectivity index (χ1n) is 7.20. The highest BCUT2D eigenvalue weighted by Gasteiger charge is 2.19. The van der Waals surface area contributed by atoms with E-state index in [-0.39, 0.29) is 23.6 Å². The fourth-order valence-electron chi connectivity index (χ4n) is 2.18. The molecule has 0 N–H and O–H groups in total. The molecule has 0 bridgehead atoms. The first-order valence-corrected chi connectivity index (χ1v) is 7.20. The molecule has 0 spiro atoms. The lowest BCUT2D eigenvalue weighted by Crippen LogP contribution is -2.08. The van der Waals surface area contributed by atoms with Crippen molar-refractivity contribution in [3.05, 3.63) is 57.6 Å². The monoisotopic (exact) mass is 347 g/mol. The summed E-state index contributed by atoms with van der Waals surface area (Å²) in [6.45, 7) is -0.0922. The molecule has 132 valence electrons. The second kappa shape index (κ2) is 8.00. The van der Waals surface area contributed by atoms with Crippen molar-refractivity contribution in [2.45, 2.75) is 6.61 Å². The topological polar surface area (TPSA) is 97.1 Å². The van der Waals surface area contributed by atoms with Gasteiger partial charge in [-0.2, -0.15) is 0 Å². The summed E-state index contributed by atoms with van der Waals surface area (Å²) in [6, 6.07) is 8.80. The average molecular weight is 347 g/mol. The number of ether oxygens (including phenoxy) is 4. The molecule has 0 aliphatic heterocycles. The predicted octanol–water partition coefficient (Wildman–Crippen LogP) is 2.98. The van der Waals surface area contributed by atoms with E-state index in [2.05, 4.69) is 0 Å². The normalized spacial score (nSPS) is 10.0. The van der Waals surface area contributed by atoms with Gasteiger partial charge in [0, 0.05) is 17.7 Å². The van der Waals surface area contributed by atoms with Crippen LogP contribution in [0, 0.1) is 10.1 Å². The van der Waals surface area contributed by atoms with E-state index in [9.17, 15) is 14.9 Å². The number of hydrogen-bond acceptors (Lipinski definition) is 7. The van der Waals surface area contributed by atoms with Gasteiger partial charge < -0.3 is 18.9 Å². The number of carbonyl (C=O) groups is 1. The van der Waals surface area contributed by atoms with E-state index in [1.807, 2.05) is 0 Å². The number of nitro groups is 1. The van der Waals surface area contributed by atoms with Crippen molar-refractivity contribution in [3.8, 4) is 17.2 Å². The van der Waals surface area contributed by atoms with E-state index < -0.39 is 10.9 Å². The summed E-state index contributed by atoms with van der Waals surface area (Å²) in [6.07, 6.45) is 0. The molecule has 0 fully saturated rings. The summed E-state index contributed by atoms with van der Waals surface area (Å²) in [7, 11) is 4.38. The smallest absolute Gasteiger partial charge is 0.342 e. The maximum Gasteiger partial charge on any atom is 0.342 e. The van der Waals surface area contributed by atoms with Crippen LogP contribution in [-0.2, 0) is 11.3 Å². The molecule has 2 rings (SSSR count). The van der Waals surface area contributed by atoms with Crippen LogP contribution in [0.1, 0.15) is 15.9 Å². The summed E-state index contributed by atoms with van der Waals surface area (Å²) < 4.78 is 20.7. The van der Waals surface area contributed by atoms with E-state index in [0.717, 1.165) is 6.07 Å². The van der Waals surface area contributed by atoms with Crippen LogP contribution in [-0.4, -0.2) is 32.2 Å². The van der Waals surface area contributed by atoms with Crippen LogP contribution in [0.5, 0.6) is 17.2 Å². The van der Waals surface area contributed by atoms with Crippen LogP contribution in [0.3, 0.4) is 0 Å². The van der Waals surface area contributed by atoms with Gasteiger partial charge >= 0.3 is 5.97 Å². The Balaban J connectivity index is 2.23. The van der Waals surface area contributed by atoms with Crippen molar-refractivity contribution in [2.75, 3.05) is 21.3 Å². The molecule has 2 aromatic rings. The highest BCUT2D eigenvalue weighted by Crippen LogP contribution is 2.27. The van der Waals surface area contributed by atoms with Crippen LogP contribution in [0.2, 0.25) is 0 Å². The minimum atomic E-state index is -0.745. The minimum Gasteiger partial charge on any atom is -0.497 e. The lowest BCUT2D eigenvalue weighted by Gasteiger charge is -2.12. The van der Waals surface area contributed by atoms with Crippen molar-refractivity contribution in [3.63, 3.8) is 0 Å². The van der Waals surface area contributed by atoms with Gasteiger partial charge in [-0.05, 0) is 24.3 Å². The Labute approximate surface area is 144 Å². The number of rotatable bonds is 7. The van der Waals surface area contributed by atoms with Gasteiger partial charge in [0.1, 0.15) is 29.4 Å². The molecule has 0 radical (unpaired) electrons. The van der Waals surface area contributed by atoms with Gasteiger partial charge in [-0.1, -0.05) is 0 Å². The molecule has 0 aliphatic carbocycles. The van der Waals surface area contributed by atoms with Crippen LogP contribution >= 0.6 is 0 Å². The van der Waals surface area contributed by atoms with Crippen molar-refractivity contribution in [1.29, 1.82) is 0 Å². The molecule has 0 atom stereocenters. The van der Waals surface area contributed by atoms with Gasteiger partial charge in [-0.25, -0.2) is 4.79 Å². The van der Waals surface area contributed by atoms with E-state index in [1.54, 1.807) is 18.2 Å². The third kappa shape index (κ3) is 4.17. The molecule has 0 amide bonds. The molecule has 0 heterocycles. The lowest BCUT2D eigenvalue weighted by atomic mass is 10.1. The molecule has 25 heavy (non-hydrogen) atoms. The number of nitro benzene ring substituents is 1. The van der Waals surface area contributed by atoms with Gasteiger partial charge in [0.05, 0.1) is 26.3 Å². The quantitative estimate of drug-likeness (QED) is 0.431. The Morgan fingerprint density at radius 2 is 1.68 bits per heavy atom. The Kier molecular flexibility index (Phi) is 5.78. The van der Waals surface area contributed by atoms with Gasteiger partial charge in [0.25, 0.3) is 5.69 Å². The van der Waals surface area contributed by atoms with Crippen LogP contribution in [0.4, 0.5) is 5.69 Å². The number of esters is 1. The number of non-ortho nitro benzene ring substituents is 1. The first kappa shape index (κ1) is 18.1. The second-order valence-electron chi connectivity index (χ2n) is 4.90. The molecule has 8 nitrogen and oxygen atoms in total. The molecular formula is C17H17NO7. The van der Waals surface area contributed by atoms with E-state index in [0.29, 0.717) is 17.1 Å². The number of methoxy groups -OCH3 is 3. The predicted molar refractivity (Wildman–Crippen MR) is 88.3 cm³/mol. The SMILES string of the molecule is COc1ccc(OC)c(COC(=O)c2cc([N+](=O)[O-])ccc2OC)c1. The van der Waals surface area contributed by atoms with Crippen LogP contribution < -0.4 is 14.2 Å². The molecule has 0 aliphatic rings. The summed E-state index contributed by atoms with van der Waals surface area (Å²) in [5, 5.41) is 10.9. The number of hydrogen-bond donors (Lipinski definition) is 0. The maximum absolute atomic E-state index is 12.3. The van der Waals surface area contributed by atoms with Crippen molar-refractivity contribution in [1.82, 2.24) is 0 Å². The summed E-state index contributed by atoms with van der Waals surface area (Å²) in [5.74, 6) is 0.554. The highest BCUT2D eigenvalue weighted by molar-refractivity contribution is 5.93. The Morgan fingerprint density at radius 3 is 2.28 bits per heavy atom. The highest BCUT2D eigenvalue weighted by atomic mass is 16.6. The fraction of sp³-hybridized carbons (Fsp3) is 0.235. The Bertz CT molecular complexity index is 789. The van der Waals surface area contributed by atoms with E-state index in [4.69, 9.17) is 18.9 Å². The van der Waals surface area contributed by atoms with Gasteiger partial charge in [0.15, 0.2) is 0 Å². The standard InChI is InChI=1S/C17H17NO7/c1-22-13-5-7-15(23-2)11(8-13)10-25-17(19)14-9-12(18(20)21)4-6-16(14)24-3/h4-9H,10H2,1-3H3. The molecule has 0 saturated heterocycles. The zero-order valence-corrected chi connectivity index (χ0v) is 14.0. The molecule has 0 aromatic heterocycles. The number of benzene rings is 2. The average Bonchev–Trinajstić information content (AvgIpc) is 2.64. The second-order valence-corrected chi connectivity index (χ2v) is 4.90. The van der Waals surface area contributed by atoms with Crippen molar-refractivity contribution in [2.24, 2.45) is 0 Å². The largest absolute Gasteiger partial charge is 0.497 e. The van der Waals surface area contributed by atoms with E-state index >= 15 is 0 Å². The fourth-order valence-corrected chi connectivity index (χ4v) is 2.18. The molecular weight excluding hydrogens is 330 g/mol. The van der Waals surface area contributed by atoms with Gasteiger partial charge in [0.2, 0.25) is 0 Å². The van der Waals surface area contributed by atoms with Crippen molar-refractivity contribution >= 4 is 11.7 Å². The molecule has 0 saturated carbocycles. The Hall–Kier alpha value is -3.29. The van der Waals surface area contributed by atoms with Crippen molar-refractivity contribution < 1.29 is 28.7 Å². The molecule has 0 unspecified atom stereocenters. The van der Waals surface area contributed by atoms with Crippen LogP contribution in [0.15, 0.2) is 36.4 Å². The zero-order chi connectivity index (χ0) is 18.4. The maximum atomic E-state index is 12.3. The minimum absolute atomic E-state index is 0.0291. The lowest BCUT2D eigenvalue weighted by molar-refractivity contribution is -0.384. The Morgan fingerprint density at radius 1 is 1.00 bits per heavy atom. The third-order valence-electron chi connectivity index (χ3n) is 3.46. The summed E-state index contributed by atoms with van der Waals surface area (Å²) in [4.78, 5) is 22.6. The first-order chi connectivity index (χ1) is 12.0. The molecule has 2 aromatic carbocycles. The van der Waals surface area contributed by atoms with Gasteiger partial charge in [-0.3, -0.25) is 10.1 Å². The van der Waals surface area contributed by atoms with Crippen LogP contribution in [0.25, 0.3) is 0 Å². The zero-order valence-electron chi connectivity index (χ0n) is 14.0. The van der Waals surface area contributed by atoms with E-state index in [1.165, 1.54) is 33.5 Å². The summed E-state index contributed by atoms with van der Waals surface area (Å²) in [5.41, 5.74) is 0.338. The molecule has 8 heteroatoms. The third-order valence-corrected chi connectivity index (χ3v) is 3.46. The van der Waals surface area contributed by atoms with Gasteiger partial charge in [-0.15, -0.1) is 0 Å². The summed E-state index contributed by atoms with van der Waals surface area (Å²) >= 11 is 0. The number of carbonyl (C=O) groups excluding carboxylic acids is 1.